The molecule has 0 fully saturated rings. The molecule has 0 bridgehead atoms. The van der Waals surface area contributed by atoms with Gasteiger partial charge in [-0.25, -0.2) is 0 Å². The first-order valence-corrected chi connectivity index (χ1v) is 15.2. The fourth-order valence-electron chi connectivity index (χ4n) is 3.70. The van der Waals surface area contributed by atoms with E-state index in [0.29, 0.717) is 0 Å². The Hall–Kier alpha value is 0.679. The molecule has 0 unspecified atom stereocenters. The summed E-state index contributed by atoms with van der Waals surface area (Å²) in [6.07, 6.45) is 11.2. The Kier molecular flexibility index (Phi) is 12.8. The van der Waals surface area contributed by atoms with Gasteiger partial charge in [0.15, 0.2) is 0 Å². The first-order chi connectivity index (χ1) is 12.7. The van der Waals surface area contributed by atoms with Gasteiger partial charge in [0.2, 0.25) is 0 Å². The molecule has 0 N–H and O–H groups in total. The molecule has 0 aliphatic carbocycles. The molecule has 0 spiro atoms. The quantitative estimate of drug-likeness (QED) is 0.224. The molecule has 1 radical (unpaired) electrons. The van der Waals surface area contributed by atoms with Gasteiger partial charge >= 0.3 is 186 Å². The summed E-state index contributed by atoms with van der Waals surface area (Å²) in [4.78, 5) is 0. The molecule has 3 nitrogen and oxygen atoms in total. The minimum absolute atomic E-state index is 0.198. The van der Waals surface area contributed by atoms with Crippen molar-refractivity contribution in [1.82, 2.24) is 0 Å². The molecular formula is C24H51O3Sn. The van der Waals surface area contributed by atoms with E-state index in [1.54, 1.807) is 0 Å². The summed E-state index contributed by atoms with van der Waals surface area (Å²) < 4.78 is 19.7. The van der Waals surface area contributed by atoms with E-state index < -0.39 is 21.0 Å². The molecule has 0 saturated heterocycles. The van der Waals surface area contributed by atoms with E-state index >= 15 is 0 Å². The number of hydrogen-bond donors (Lipinski definition) is 0. The molecule has 0 aromatic rings. The van der Waals surface area contributed by atoms with Gasteiger partial charge in [-0.1, -0.05) is 0 Å². The second kappa shape index (κ2) is 12.5. The van der Waals surface area contributed by atoms with Gasteiger partial charge in [0.05, 0.1) is 0 Å². The fraction of sp³-hybridized carbons (Fsp3) is 1.00. The Morgan fingerprint density at radius 1 is 0.536 bits per heavy atom. The zero-order valence-corrected chi connectivity index (χ0v) is 23.9. The summed E-state index contributed by atoms with van der Waals surface area (Å²) >= 11 is -2.99. The van der Waals surface area contributed by atoms with Crippen molar-refractivity contribution in [3.8, 4) is 0 Å². The van der Waals surface area contributed by atoms with Crippen molar-refractivity contribution in [2.45, 2.75) is 151 Å². The Balaban J connectivity index is 5.79. The van der Waals surface area contributed by atoms with Crippen LogP contribution < -0.4 is 0 Å². The van der Waals surface area contributed by atoms with Crippen molar-refractivity contribution >= 4 is 21.0 Å². The van der Waals surface area contributed by atoms with Crippen LogP contribution in [0.3, 0.4) is 0 Å². The maximum atomic E-state index is 6.90. The van der Waals surface area contributed by atoms with Gasteiger partial charge in [-0.2, -0.15) is 0 Å². The van der Waals surface area contributed by atoms with E-state index in [1.165, 1.54) is 57.8 Å². The fourth-order valence-corrected chi connectivity index (χ4v) is 8.72. The van der Waals surface area contributed by atoms with E-state index in [-0.39, 0.29) is 22.2 Å². The standard InChI is InChI=1S/C16H33O.2C4H9O.Sn/c1-6-9-12-16(13-10-7-2,14-11-8-3)15(4,5)17;2*1-4(2,3)5;/h6-14H2,1-5H3;2*1-3H3;/q3*-1;+3. The Labute approximate surface area is 186 Å². The van der Waals surface area contributed by atoms with Gasteiger partial charge in [-0.3, -0.25) is 0 Å². The maximum absolute atomic E-state index is 6.90. The van der Waals surface area contributed by atoms with E-state index in [9.17, 15) is 0 Å². The van der Waals surface area contributed by atoms with Crippen LogP contribution in [0.5, 0.6) is 0 Å². The molecule has 169 valence electrons. The van der Waals surface area contributed by atoms with Crippen LogP contribution in [0.2, 0.25) is 0 Å². The molecule has 0 atom stereocenters. The summed E-state index contributed by atoms with van der Waals surface area (Å²) in [5.74, 6) is 0. The van der Waals surface area contributed by atoms with Gasteiger partial charge < -0.3 is 0 Å². The third kappa shape index (κ3) is 11.2. The zero-order chi connectivity index (χ0) is 22.1. The molecule has 0 aliphatic rings. The molecule has 4 heteroatoms. The summed E-state index contributed by atoms with van der Waals surface area (Å²) in [5, 5.41) is 0. The number of rotatable bonds is 14. The van der Waals surface area contributed by atoms with E-state index in [0.717, 1.165) is 0 Å². The van der Waals surface area contributed by atoms with E-state index in [1.807, 2.05) is 0 Å². The van der Waals surface area contributed by atoms with Gasteiger partial charge in [0.1, 0.15) is 0 Å². The molecule has 0 aliphatic heterocycles. The van der Waals surface area contributed by atoms with Crippen LogP contribution in [0.25, 0.3) is 0 Å². The normalized spacial score (nSPS) is 14.1. The third-order valence-electron chi connectivity index (χ3n) is 5.42. The van der Waals surface area contributed by atoms with Crippen LogP contribution >= 0.6 is 0 Å². The van der Waals surface area contributed by atoms with Crippen molar-refractivity contribution < 1.29 is 9.22 Å². The van der Waals surface area contributed by atoms with Gasteiger partial charge in [-0.05, 0) is 0 Å². The average Bonchev–Trinajstić information content (AvgIpc) is 2.50. The summed E-state index contributed by atoms with van der Waals surface area (Å²) in [5.41, 5.74) is -0.523. The monoisotopic (exact) mass is 507 g/mol. The number of unbranched alkanes of at least 4 members (excludes halogenated alkanes) is 3. The van der Waals surface area contributed by atoms with E-state index in [2.05, 4.69) is 76.2 Å². The van der Waals surface area contributed by atoms with E-state index in [4.69, 9.17) is 9.22 Å². The van der Waals surface area contributed by atoms with Crippen molar-refractivity contribution in [3.05, 3.63) is 0 Å². The van der Waals surface area contributed by atoms with Crippen LogP contribution in [0.4, 0.5) is 0 Å². The molecule has 0 amide bonds. The predicted octanol–water partition coefficient (Wildman–Crippen LogP) is 7.95. The van der Waals surface area contributed by atoms with Crippen LogP contribution in [0, 0.1) is 5.41 Å². The molecule has 0 heterocycles. The van der Waals surface area contributed by atoms with Crippen molar-refractivity contribution in [2.75, 3.05) is 0 Å². The molecule has 28 heavy (non-hydrogen) atoms. The predicted molar refractivity (Wildman–Crippen MR) is 124 cm³/mol. The molecular weight excluding hydrogens is 455 g/mol. The zero-order valence-electron chi connectivity index (χ0n) is 21.1. The van der Waals surface area contributed by atoms with Gasteiger partial charge in [0.25, 0.3) is 0 Å². The second-order valence-electron chi connectivity index (χ2n) is 10.9. The Morgan fingerprint density at radius 3 is 1.11 bits per heavy atom. The summed E-state index contributed by atoms with van der Waals surface area (Å²) in [7, 11) is 0. The molecule has 0 aromatic heterocycles. The minimum atomic E-state index is -2.99. The van der Waals surface area contributed by atoms with Crippen LogP contribution in [0.15, 0.2) is 0 Å². The molecule has 0 rings (SSSR count). The second-order valence-corrected chi connectivity index (χ2v) is 14.1. The Morgan fingerprint density at radius 2 is 0.857 bits per heavy atom. The van der Waals surface area contributed by atoms with Crippen molar-refractivity contribution in [2.24, 2.45) is 5.41 Å². The average molecular weight is 506 g/mol. The Bertz CT molecular complexity index is 369. The van der Waals surface area contributed by atoms with Crippen molar-refractivity contribution in [3.63, 3.8) is 0 Å². The van der Waals surface area contributed by atoms with Crippen molar-refractivity contribution in [1.29, 1.82) is 0 Å². The molecule has 0 aromatic carbocycles. The number of hydrogen-bond acceptors (Lipinski definition) is 3. The van der Waals surface area contributed by atoms with Crippen LogP contribution in [-0.4, -0.2) is 37.8 Å². The van der Waals surface area contributed by atoms with Crippen LogP contribution in [-0.2, 0) is 9.22 Å². The first-order valence-electron chi connectivity index (χ1n) is 11.7. The summed E-state index contributed by atoms with van der Waals surface area (Å²) in [6, 6.07) is 0. The SMILES string of the molecule is CCCCC(CCCC)(CCCC)C(C)(C)[O][Sn]([O]C(C)(C)C)[O]C(C)(C)C. The summed E-state index contributed by atoms with van der Waals surface area (Å²) in [6.45, 7) is 24.1. The van der Waals surface area contributed by atoms with Crippen LogP contribution in [0.1, 0.15) is 134 Å². The molecule has 0 saturated carbocycles. The van der Waals surface area contributed by atoms with Gasteiger partial charge in [0, 0.05) is 0 Å². The third-order valence-corrected chi connectivity index (χ3v) is 11.8. The first kappa shape index (κ1) is 28.7. The van der Waals surface area contributed by atoms with Gasteiger partial charge in [-0.15, -0.1) is 0 Å². The topological polar surface area (TPSA) is 27.7 Å².